The molecule has 0 saturated heterocycles. The quantitative estimate of drug-likeness (QED) is 0.707. The number of nitrogens with zero attached hydrogens (tertiary/aromatic N) is 2. The maximum absolute atomic E-state index is 12.5. The Morgan fingerprint density at radius 1 is 1.31 bits per heavy atom. The van der Waals surface area contributed by atoms with Crippen molar-refractivity contribution in [3.8, 4) is 5.75 Å². The minimum absolute atomic E-state index is 0.0344. The van der Waals surface area contributed by atoms with Crippen molar-refractivity contribution < 1.29 is 14.3 Å². The van der Waals surface area contributed by atoms with Crippen molar-refractivity contribution in [1.29, 1.82) is 0 Å². The Morgan fingerprint density at radius 2 is 2.14 bits per heavy atom. The molecular formula is C22H27N3O3S. The van der Waals surface area contributed by atoms with Crippen molar-refractivity contribution in [3.63, 3.8) is 0 Å². The van der Waals surface area contributed by atoms with E-state index in [4.69, 9.17) is 9.72 Å². The van der Waals surface area contributed by atoms with Crippen molar-refractivity contribution in [2.75, 3.05) is 18.0 Å². The third-order valence-corrected chi connectivity index (χ3v) is 6.63. The molecule has 7 heteroatoms. The molecule has 1 unspecified atom stereocenters. The molecule has 1 aliphatic carbocycles. The number of anilines is 1. The third kappa shape index (κ3) is 4.61. The van der Waals surface area contributed by atoms with E-state index in [9.17, 15) is 9.59 Å². The van der Waals surface area contributed by atoms with Gasteiger partial charge in [-0.05, 0) is 51.2 Å². The molecule has 2 amide bonds. The van der Waals surface area contributed by atoms with Crippen molar-refractivity contribution >= 4 is 28.8 Å². The third-order valence-electron chi connectivity index (χ3n) is 5.42. The zero-order chi connectivity index (χ0) is 20.2. The Balaban J connectivity index is 1.22. The highest BCUT2D eigenvalue weighted by atomic mass is 32.1. The van der Waals surface area contributed by atoms with E-state index in [0.29, 0.717) is 18.8 Å². The first kappa shape index (κ1) is 19.9. The highest BCUT2D eigenvalue weighted by molar-refractivity contribution is 7.11. The summed E-state index contributed by atoms with van der Waals surface area (Å²) < 4.78 is 5.64. The summed E-state index contributed by atoms with van der Waals surface area (Å²) >= 11 is 1.84. The van der Waals surface area contributed by atoms with E-state index in [1.54, 1.807) is 11.8 Å². The number of ether oxygens (including phenoxy) is 1. The Morgan fingerprint density at radius 3 is 3.00 bits per heavy atom. The lowest BCUT2D eigenvalue weighted by Crippen LogP contribution is -2.45. The van der Waals surface area contributed by atoms with Crippen LogP contribution in [0.3, 0.4) is 0 Å². The number of aryl methyl sites for hydroxylation is 3. The summed E-state index contributed by atoms with van der Waals surface area (Å²) in [5.41, 5.74) is 2.03. The smallest absolute Gasteiger partial charge is 0.267 e. The lowest BCUT2D eigenvalue weighted by atomic mass is 10.0. The molecule has 1 N–H and O–H groups in total. The molecule has 29 heavy (non-hydrogen) atoms. The van der Waals surface area contributed by atoms with E-state index >= 15 is 0 Å². The number of nitrogens with one attached hydrogen (secondary N) is 1. The van der Waals surface area contributed by atoms with E-state index in [0.717, 1.165) is 24.9 Å². The maximum Gasteiger partial charge on any atom is 0.267 e. The van der Waals surface area contributed by atoms with Gasteiger partial charge in [0.1, 0.15) is 5.75 Å². The van der Waals surface area contributed by atoms with E-state index in [2.05, 4.69) is 5.32 Å². The number of carbonyl (C=O) groups is 2. The molecule has 0 bridgehead atoms. The van der Waals surface area contributed by atoms with Crippen molar-refractivity contribution in [2.24, 2.45) is 0 Å². The molecule has 154 valence electrons. The van der Waals surface area contributed by atoms with Crippen LogP contribution in [-0.2, 0) is 28.9 Å². The van der Waals surface area contributed by atoms with Gasteiger partial charge < -0.3 is 15.0 Å². The van der Waals surface area contributed by atoms with Crippen LogP contribution in [0.5, 0.6) is 5.75 Å². The van der Waals surface area contributed by atoms with Crippen LogP contribution in [0, 0.1) is 0 Å². The second-order valence-electron chi connectivity index (χ2n) is 7.61. The fourth-order valence-corrected chi connectivity index (χ4v) is 5.07. The fraction of sp³-hybridized carbons (Fsp3) is 0.500. The monoisotopic (exact) mass is 413 g/mol. The molecule has 2 heterocycles. The van der Waals surface area contributed by atoms with Gasteiger partial charge in [0, 0.05) is 30.8 Å². The van der Waals surface area contributed by atoms with Crippen molar-refractivity contribution in [1.82, 2.24) is 10.3 Å². The molecule has 4 rings (SSSR count). The molecule has 1 atom stereocenters. The summed E-state index contributed by atoms with van der Waals surface area (Å²) in [6, 6.07) is 7.45. The second kappa shape index (κ2) is 8.95. The van der Waals surface area contributed by atoms with Crippen LogP contribution in [-0.4, -0.2) is 36.0 Å². The Bertz CT molecular complexity index is 872. The van der Waals surface area contributed by atoms with Crippen molar-refractivity contribution in [3.05, 3.63) is 39.8 Å². The van der Waals surface area contributed by atoms with Crippen LogP contribution < -0.4 is 15.0 Å². The number of amides is 2. The number of hydrogen-bond donors (Lipinski definition) is 1. The van der Waals surface area contributed by atoms with Crippen LogP contribution in [0.25, 0.3) is 0 Å². The van der Waals surface area contributed by atoms with Gasteiger partial charge in [-0.1, -0.05) is 12.1 Å². The van der Waals surface area contributed by atoms with Gasteiger partial charge in [-0.2, -0.15) is 0 Å². The number of carbonyl (C=O) groups excluding carboxylic acids is 2. The average molecular weight is 414 g/mol. The number of benzene rings is 1. The summed E-state index contributed by atoms with van der Waals surface area (Å²) in [6.07, 6.45) is 6.35. The number of hydrogen-bond acceptors (Lipinski definition) is 5. The van der Waals surface area contributed by atoms with E-state index in [1.165, 1.54) is 34.8 Å². The molecule has 2 aliphatic rings. The number of rotatable bonds is 7. The predicted molar refractivity (Wildman–Crippen MR) is 114 cm³/mol. The first-order valence-corrected chi connectivity index (χ1v) is 11.2. The molecule has 0 spiro atoms. The topological polar surface area (TPSA) is 71.5 Å². The maximum atomic E-state index is 12.5. The molecule has 1 aliphatic heterocycles. The van der Waals surface area contributed by atoms with Gasteiger partial charge in [0.15, 0.2) is 6.10 Å². The lowest BCUT2D eigenvalue weighted by molar-refractivity contribution is -0.125. The second-order valence-corrected chi connectivity index (χ2v) is 8.77. The Labute approximate surface area is 175 Å². The standard InChI is InChI=1S/C22H27N3O3S/c1-15-22(27)25(17-8-3-4-9-18(17)28-15)14-12-20(26)23-13-6-11-21-24-16-7-2-5-10-19(16)29-21/h3-4,8-9,15H,2,5-7,10-14H2,1H3,(H,23,26). The molecule has 1 aromatic carbocycles. The van der Waals surface area contributed by atoms with Gasteiger partial charge in [-0.25, -0.2) is 4.98 Å². The highest BCUT2D eigenvalue weighted by Gasteiger charge is 2.31. The number of para-hydroxylation sites is 2. The van der Waals surface area contributed by atoms with Crippen LogP contribution >= 0.6 is 11.3 Å². The minimum atomic E-state index is -0.530. The first-order valence-electron chi connectivity index (χ1n) is 10.4. The molecule has 6 nitrogen and oxygen atoms in total. The normalized spacial score (nSPS) is 18.0. The highest BCUT2D eigenvalue weighted by Crippen LogP contribution is 2.33. The molecule has 0 fully saturated rings. The predicted octanol–water partition coefficient (Wildman–Crippen LogP) is 3.27. The van der Waals surface area contributed by atoms with E-state index < -0.39 is 6.10 Å². The molecule has 0 radical (unpaired) electrons. The minimum Gasteiger partial charge on any atom is -0.479 e. The summed E-state index contributed by atoms with van der Waals surface area (Å²) in [5, 5.41) is 4.16. The largest absolute Gasteiger partial charge is 0.479 e. The van der Waals surface area contributed by atoms with E-state index in [1.807, 2.05) is 35.6 Å². The number of aromatic nitrogens is 1. The van der Waals surface area contributed by atoms with Gasteiger partial charge in [0.25, 0.3) is 5.91 Å². The van der Waals surface area contributed by atoms with Crippen LogP contribution in [0.1, 0.15) is 48.2 Å². The summed E-state index contributed by atoms with van der Waals surface area (Å²) in [7, 11) is 0. The molecule has 2 aromatic rings. The van der Waals surface area contributed by atoms with Crippen LogP contribution in [0.4, 0.5) is 5.69 Å². The molecule has 0 saturated carbocycles. The van der Waals surface area contributed by atoms with Crippen molar-refractivity contribution in [2.45, 2.75) is 58.0 Å². The zero-order valence-electron chi connectivity index (χ0n) is 16.8. The Hall–Kier alpha value is -2.41. The first-order chi connectivity index (χ1) is 14.1. The summed E-state index contributed by atoms with van der Waals surface area (Å²) in [4.78, 5) is 32.6. The summed E-state index contributed by atoms with van der Waals surface area (Å²) in [5.74, 6) is 0.545. The Kier molecular flexibility index (Phi) is 6.13. The van der Waals surface area contributed by atoms with Crippen LogP contribution in [0.2, 0.25) is 0 Å². The van der Waals surface area contributed by atoms with Crippen LogP contribution in [0.15, 0.2) is 24.3 Å². The van der Waals surface area contributed by atoms with Gasteiger partial charge >= 0.3 is 0 Å². The molecular weight excluding hydrogens is 386 g/mol. The van der Waals surface area contributed by atoms with Gasteiger partial charge in [-0.3, -0.25) is 9.59 Å². The SMILES string of the molecule is CC1Oc2ccccc2N(CCC(=O)NCCCc2nc3c(s2)CCCC3)C1=O. The number of thiazole rings is 1. The molecule has 1 aromatic heterocycles. The fourth-order valence-electron chi connectivity index (χ4n) is 3.87. The van der Waals surface area contributed by atoms with E-state index in [-0.39, 0.29) is 18.2 Å². The van der Waals surface area contributed by atoms with Gasteiger partial charge in [0.2, 0.25) is 5.91 Å². The number of fused-ring (bicyclic) bond motifs is 2. The lowest BCUT2D eigenvalue weighted by Gasteiger charge is -2.32. The van der Waals surface area contributed by atoms with Gasteiger partial charge in [0.05, 0.1) is 16.4 Å². The van der Waals surface area contributed by atoms with Gasteiger partial charge in [-0.15, -0.1) is 11.3 Å². The zero-order valence-corrected chi connectivity index (χ0v) is 17.6. The summed E-state index contributed by atoms with van der Waals surface area (Å²) in [6.45, 7) is 2.73. The average Bonchev–Trinajstić information content (AvgIpc) is 3.14.